The normalized spacial score (nSPS) is 31.3. The van der Waals surface area contributed by atoms with Crippen LogP contribution < -0.4 is 0 Å². The molecule has 0 amide bonds. The third kappa shape index (κ3) is 3.71. The van der Waals surface area contributed by atoms with Crippen molar-refractivity contribution in [3.8, 4) is 0 Å². The monoisotopic (exact) mass is 201 g/mol. The molecule has 0 radical (unpaired) electrons. The van der Waals surface area contributed by atoms with E-state index in [0.717, 1.165) is 31.8 Å². The molecule has 76 valence electrons. The van der Waals surface area contributed by atoms with E-state index in [1.54, 1.807) is 0 Å². The lowest BCUT2D eigenvalue weighted by molar-refractivity contribution is 0.0396. The van der Waals surface area contributed by atoms with E-state index in [2.05, 4.69) is 36.6 Å². The van der Waals surface area contributed by atoms with Gasteiger partial charge in [-0.1, -0.05) is 19.1 Å². The summed E-state index contributed by atoms with van der Waals surface area (Å²) in [6.07, 6.45) is 5.04. The molecule has 1 N–H and O–H groups in total. The second-order valence-corrected chi connectivity index (χ2v) is 4.11. The number of aliphatic hydroxyl groups excluding tert-OH is 1. The van der Waals surface area contributed by atoms with Gasteiger partial charge in [0.05, 0.1) is 6.10 Å². The van der Waals surface area contributed by atoms with Crippen LogP contribution in [-0.4, -0.2) is 41.5 Å². The number of rotatable bonds is 3. The first-order valence-electron chi connectivity index (χ1n) is 4.90. The quantitative estimate of drug-likeness (QED) is 0.529. The minimum atomic E-state index is -0.0925. The zero-order valence-corrected chi connectivity index (χ0v) is 9.08. The Morgan fingerprint density at radius 1 is 1.54 bits per heavy atom. The molecule has 0 bridgehead atoms. The SMILES string of the molecule is CC1CN(C/C=C/CS)CCC1O. The second kappa shape index (κ2) is 5.68. The number of nitrogens with zero attached hydrogens (tertiary/aromatic N) is 1. The molecule has 3 heteroatoms. The summed E-state index contributed by atoms with van der Waals surface area (Å²) in [6.45, 7) is 5.14. The number of piperidine rings is 1. The van der Waals surface area contributed by atoms with E-state index in [4.69, 9.17) is 0 Å². The van der Waals surface area contributed by atoms with Gasteiger partial charge in [-0.15, -0.1) is 0 Å². The highest BCUT2D eigenvalue weighted by Gasteiger charge is 2.22. The minimum Gasteiger partial charge on any atom is -0.393 e. The van der Waals surface area contributed by atoms with Crippen LogP contribution >= 0.6 is 12.6 Å². The van der Waals surface area contributed by atoms with Gasteiger partial charge < -0.3 is 5.11 Å². The van der Waals surface area contributed by atoms with Crippen molar-refractivity contribution < 1.29 is 5.11 Å². The van der Waals surface area contributed by atoms with Gasteiger partial charge in [0.1, 0.15) is 0 Å². The smallest absolute Gasteiger partial charge is 0.0590 e. The van der Waals surface area contributed by atoms with Crippen molar-refractivity contribution in [2.24, 2.45) is 5.92 Å². The van der Waals surface area contributed by atoms with Crippen LogP contribution in [-0.2, 0) is 0 Å². The van der Waals surface area contributed by atoms with Crippen molar-refractivity contribution in [3.05, 3.63) is 12.2 Å². The lowest BCUT2D eigenvalue weighted by Gasteiger charge is -2.33. The van der Waals surface area contributed by atoms with E-state index < -0.39 is 0 Å². The Morgan fingerprint density at radius 2 is 2.31 bits per heavy atom. The van der Waals surface area contributed by atoms with Crippen LogP contribution in [0.25, 0.3) is 0 Å². The highest BCUT2D eigenvalue weighted by Crippen LogP contribution is 2.15. The molecular formula is C10H19NOS. The molecule has 1 aliphatic heterocycles. The van der Waals surface area contributed by atoms with Gasteiger partial charge in [0.25, 0.3) is 0 Å². The second-order valence-electron chi connectivity index (χ2n) is 3.75. The molecule has 0 aliphatic carbocycles. The van der Waals surface area contributed by atoms with Gasteiger partial charge >= 0.3 is 0 Å². The molecular weight excluding hydrogens is 182 g/mol. The fraction of sp³-hybridized carbons (Fsp3) is 0.800. The summed E-state index contributed by atoms with van der Waals surface area (Å²) in [7, 11) is 0. The van der Waals surface area contributed by atoms with Gasteiger partial charge in [0, 0.05) is 25.4 Å². The Morgan fingerprint density at radius 3 is 2.92 bits per heavy atom. The first kappa shape index (κ1) is 11.1. The van der Waals surface area contributed by atoms with Crippen molar-refractivity contribution in [2.75, 3.05) is 25.4 Å². The molecule has 0 aromatic carbocycles. The van der Waals surface area contributed by atoms with Crippen molar-refractivity contribution in [1.82, 2.24) is 4.90 Å². The Labute approximate surface area is 86.0 Å². The summed E-state index contributed by atoms with van der Waals surface area (Å²) < 4.78 is 0. The summed E-state index contributed by atoms with van der Waals surface area (Å²) in [6, 6.07) is 0. The average molecular weight is 201 g/mol. The van der Waals surface area contributed by atoms with Gasteiger partial charge in [-0.2, -0.15) is 12.6 Å². The number of aliphatic hydroxyl groups is 1. The van der Waals surface area contributed by atoms with Crippen LogP contribution in [0.15, 0.2) is 12.2 Å². The van der Waals surface area contributed by atoms with Gasteiger partial charge in [-0.25, -0.2) is 0 Å². The highest BCUT2D eigenvalue weighted by atomic mass is 32.1. The summed E-state index contributed by atoms with van der Waals surface area (Å²) in [5.74, 6) is 1.23. The predicted octanol–water partition coefficient (Wildman–Crippen LogP) is 1.18. The van der Waals surface area contributed by atoms with Crippen molar-refractivity contribution in [1.29, 1.82) is 0 Å². The molecule has 1 aliphatic rings. The van der Waals surface area contributed by atoms with E-state index >= 15 is 0 Å². The average Bonchev–Trinajstić information content (AvgIpc) is 2.12. The summed E-state index contributed by atoms with van der Waals surface area (Å²) >= 11 is 4.11. The molecule has 2 nitrogen and oxygen atoms in total. The van der Waals surface area contributed by atoms with Crippen LogP contribution in [0, 0.1) is 5.92 Å². The van der Waals surface area contributed by atoms with Crippen LogP contribution in [0.4, 0.5) is 0 Å². The first-order chi connectivity index (χ1) is 6.24. The fourth-order valence-corrected chi connectivity index (χ4v) is 1.83. The largest absolute Gasteiger partial charge is 0.393 e. The lowest BCUT2D eigenvalue weighted by atomic mass is 9.97. The maximum Gasteiger partial charge on any atom is 0.0590 e. The Bertz CT molecular complexity index is 172. The number of thiol groups is 1. The topological polar surface area (TPSA) is 23.5 Å². The zero-order chi connectivity index (χ0) is 9.68. The molecule has 0 aromatic heterocycles. The predicted molar refractivity (Wildman–Crippen MR) is 59.2 cm³/mol. The molecule has 1 rings (SSSR count). The van der Waals surface area contributed by atoms with Gasteiger partial charge in [-0.3, -0.25) is 4.90 Å². The standard InChI is InChI=1S/C10H19NOS/c1-9-8-11(5-2-3-7-13)6-4-10(9)12/h2-3,9-10,12-13H,4-8H2,1H3/b3-2+. The Hall–Kier alpha value is 0.01000. The molecule has 0 aromatic rings. The van der Waals surface area contributed by atoms with Gasteiger partial charge in [0.15, 0.2) is 0 Å². The number of hydrogen-bond acceptors (Lipinski definition) is 3. The fourth-order valence-electron chi connectivity index (χ4n) is 1.68. The Kier molecular flexibility index (Phi) is 4.84. The van der Waals surface area contributed by atoms with E-state index in [0.29, 0.717) is 5.92 Å². The van der Waals surface area contributed by atoms with Gasteiger partial charge in [-0.05, 0) is 12.3 Å². The molecule has 1 saturated heterocycles. The molecule has 1 heterocycles. The Balaban J connectivity index is 2.25. The third-order valence-corrected chi connectivity index (χ3v) is 2.79. The third-order valence-electron chi connectivity index (χ3n) is 2.58. The molecule has 2 unspecified atom stereocenters. The van der Waals surface area contributed by atoms with Crippen molar-refractivity contribution in [2.45, 2.75) is 19.4 Å². The zero-order valence-electron chi connectivity index (χ0n) is 8.19. The van der Waals surface area contributed by atoms with E-state index in [1.165, 1.54) is 0 Å². The highest BCUT2D eigenvalue weighted by molar-refractivity contribution is 7.80. The summed E-state index contributed by atoms with van der Waals surface area (Å²) in [5, 5.41) is 9.51. The number of likely N-dealkylation sites (tertiary alicyclic amines) is 1. The molecule has 13 heavy (non-hydrogen) atoms. The van der Waals surface area contributed by atoms with E-state index in [-0.39, 0.29) is 6.10 Å². The summed E-state index contributed by atoms with van der Waals surface area (Å²) in [4.78, 5) is 2.37. The number of hydrogen-bond donors (Lipinski definition) is 2. The van der Waals surface area contributed by atoms with Crippen molar-refractivity contribution >= 4 is 12.6 Å². The molecule has 0 saturated carbocycles. The van der Waals surface area contributed by atoms with Gasteiger partial charge in [0.2, 0.25) is 0 Å². The van der Waals surface area contributed by atoms with Crippen molar-refractivity contribution in [3.63, 3.8) is 0 Å². The lowest BCUT2D eigenvalue weighted by Crippen LogP contribution is -2.41. The summed E-state index contributed by atoms with van der Waals surface area (Å²) in [5.41, 5.74) is 0. The van der Waals surface area contributed by atoms with Crippen LogP contribution in [0.1, 0.15) is 13.3 Å². The molecule has 2 atom stereocenters. The van der Waals surface area contributed by atoms with Crippen LogP contribution in [0.3, 0.4) is 0 Å². The van der Waals surface area contributed by atoms with E-state index in [1.807, 2.05) is 0 Å². The maximum atomic E-state index is 9.51. The van der Waals surface area contributed by atoms with Crippen LogP contribution in [0.2, 0.25) is 0 Å². The molecule has 0 spiro atoms. The molecule has 1 fully saturated rings. The first-order valence-corrected chi connectivity index (χ1v) is 5.53. The maximum absolute atomic E-state index is 9.51. The minimum absolute atomic E-state index is 0.0925. The van der Waals surface area contributed by atoms with E-state index in [9.17, 15) is 5.11 Å². The van der Waals surface area contributed by atoms with Crippen LogP contribution in [0.5, 0.6) is 0 Å².